The fourth-order valence-corrected chi connectivity index (χ4v) is 4.02. The number of alkyl halides is 2. The van der Waals surface area contributed by atoms with Crippen LogP contribution in [0, 0.1) is 5.92 Å². The van der Waals surface area contributed by atoms with Crippen molar-refractivity contribution in [2.45, 2.75) is 25.2 Å². The van der Waals surface area contributed by atoms with Crippen LogP contribution < -0.4 is 0 Å². The van der Waals surface area contributed by atoms with Crippen LogP contribution in [0.4, 0.5) is 8.78 Å². The first kappa shape index (κ1) is 13.7. The lowest BCUT2D eigenvalue weighted by Crippen LogP contribution is -2.36. The number of thiophene rings is 1. The van der Waals surface area contributed by atoms with Crippen LogP contribution in [-0.2, 0) is 6.42 Å². The Balaban J connectivity index is 1.59. The Bertz CT molecular complexity index is 809. The summed E-state index contributed by atoms with van der Waals surface area (Å²) in [5.74, 6) is -2.34. The molecule has 3 aromatic rings. The molecule has 6 heteroatoms. The second kappa shape index (κ2) is 5.05. The molecule has 0 N–H and O–H groups in total. The third-order valence-electron chi connectivity index (χ3n) is 3.95. The summed E-state index contributed by atoms with van der Waals surface area (Å²) in [7, 11) is 0. The second-order valence-electron chi connectivity index (χ2n) is 5.77. The maximum absolute atomic E-state index is 12.9. The highest BCUT2D eigenvalue weighted by Crippen LogP contribution is 2.44. The van der Waals surface area contributed by atoms with Gasteiger partial charge in [-0.25, -0.2) is 23.7 Å². The Morgan fingerprint density at radius 1 is 1.18 bits per heavy atom. The molecule has 3 nitrogen and oxygen atoms in total. The monoisotopic (exact) mass is 317 g/mol. The van der Waals surface area contributed by atoms with Crippen LogP contribution in [-0.4, -0.2) is 20.9 Å². The molecule has 0 aliphatic heterocycles. The molecule has 3 aromatic heterocycles. The molecule has 0 unspecified atom stereocenters. The van der Waals surface area contributed by atoms with E-state index in [1.807, 2.05) is 12.1 Å². The predicted octanol–water partition coefficient (Wildman–Crippen LogP) is 4.34. The fraction of sp³-hybridized carbons (Fsp3) is 0.312. The van der Waals surface area contributed by atoms with Crippen molar-refractivity contribution in [2.24, 2.45) is 5.92 Å². The molecule has 1 saturated carbocycles. The summed E-state index contributed by atoms with van der Waals surface area (Å²) in [6.45, 7) is 0. The third kappa shape index (κ3) is 2.59. The zero-order chi connectivity index (χ0) is 15.2. The van der Waals surface area contributed by atoms with E-state index in [2.05, 4.69) is 21.0 Å². The summed E-state index contributed by atoms with van der Waals surface area (Å²) in [6, 6.07) is 6.02. The van der Waals surface area contributed by atoms with Gasteiger partial charge in [0.25, 0.3) is 0 Å². The van der Waals surface area contributed by atoms with Crippen LogP contribution in [0.5, 0.6) is 0 Å². The molecule has 0 amide bonds. The van der Waals surface area contributed by atoms with Gasteiger partial charge in [-0.3, -0.25) is 0 Å². The molecule has 0 radical (unpaired) electrons. The number of fused-ring (bicyclic) bond motifs is 1. The van der Waals surface area contributed by atoms with Gasteiger partial charge >= 0.3 is 0 Å². The van der Waals surface area contributed by atoms with Gasteiger partial charge in [0.15, 0.2) is 0 Å². The van der Waals surface area contributed by atoms with Crippen molar-refractivity contribution in [3.63, 3.8) is 0 Å². The molecule has 22 heavy (non-hydrogen) atoms. The van der Waals surface area contributed by atoms with Crippen molar-refractivity contribution in [1.29, 1.82) is 0 Å². The molecule has 1 aliphatic rings. The first-order valence-corrected chi connectivity index (χ1v) is 7.93. The second-order valence-corrected chi connectivity index (χ2v) is 6.88. The minimum atomic E-state index is -2.44. The molecule has 0 aromatic carbocycles. The maximum atomic E-state index is 12.9. The van der Waals surface area contributed by atoms with E-state index in [1.54, 1.807) is 23.7 Å². The van der Waals surface area contributed by atoms with E-state index in [0.717, 1.165) is 32.8 Å². The highest BCUT2D eigenvalue weighted by atomic mass is 32.1. The number of hydrogen-bond donors (Lipinski definition) is 0. The number of nitrogens with zero attached hydrogens (tertiary/aromatic N) is 3. The van der Waals surface area contributed by atoms with Crippen LogP contribution in [0.15, 0.2) is 36.9 Å². The van der Waals surface area contributed by atoms with Gasteiger partial charge in [-0.15, -0.1) is 11.3 Å². The van der Waals surface area contributed by atoms with E-state index in [0.29, 0.717) is 0 Å². The summed E-state index contributed by atoms with van der Waals surface area (Å²) >= 11 is 1.59. The number of pyridine rings is 1. The Labute approximate surface area is 130 Å². The molecule has 0 spiro atoms. The standard InChI is InChI=1S/C16H13F2N3S/c17-16(18)5-10(6-16)3-13-4-11-1-2-14(21-15(11)22-13)12-7-19-9-20-8-12/h1-2,4,7-10H,3,5-6H2. The highest BCUT2D eigenvalue weighted by molar-refractivity contribution is 7.18. The largest absolute Gasteiger partial charge is 0.248 e. The molecule has 0 atom stereocenters. The minimum Gasteiger partial charge on any atom is -0.244 e. The van der Waals surface area contributed by atoms with Crippen molar-refractivity contribution < 1.29 is 8.78 Å². The van der Waals surface area contributed by atoms with Gasteiger partial charge in [0.1, 0.15) is 11.2 Å². The van der Waals surface area contributed by atoms with Gasteiger partial charge in [-0.2, -0.15) is 0 Å². The van der Waals surface area contributed by atoms with Crippen LogP contribution in [0.3, 0.4) is 0 Å². The summed E-state index contributed by atoms with van der Waals surface area (Å²) < 4.78 is 25.8. The summed E-state index contributed by atoms with van der Waals surface area (Å²) in [4.78, 5) is 14.7. The van der Waals surface area contributed by atoms with Gasteiger partial charge in [0, 0.05) is 41.1 Å². The Morgan fingerprint density at radius 2 is 1.95 bits per heavy atom. The number of halogens is 2. The first-order chi connectivity index (χ1) is 10.6. The quantitative estimate of drug-likeness (QED) is 0.721. The van der Waals surface area contributed by atoms with Gasteiger partial charge in [-0.05, 0) is 30.5 Å². The SMILES string of the molecule is FC1(F)CC(Cc2cc3ccc(-c4cncnc4)nc3s2)C1. The van der Waals surface area contributed by atoms with Crippen molar-refractivity contribution in [3.05, 3.63) is 41.8 Å². The van der Waals surface area contributed by atoms with E-state index < -0.39 is 5.92 Å². The predicted molar refractivity (Wildman–Crippen MR) is 82.0 cm³/mol. The molecule has 3 heterocycles. The van der Waals surface area contributed by atoms with Crippen LogP contribution in [0.2, 0.25) is 0 Å². The smallest absolute Gasteiger partial charge is 0.244 e. The molecule has 1 aliphatic carbocycles. The van der Waals surface area contributed by atoms with Crippen molar-refractivity contribution in [3.8, 4) is 11.3 Å². The Kier molecular flexibility index (Phi) is 3.14. The van der Waals surface area contributed by atoms with Crippen molar-refractivity contribution in [1.82, 2.24) is 15.0 Å². The number of rotatable bonds is 3. The van der Waals surface area contributed by atoms with Crippen molar-refractivity contribution in [2.75, 3.05) is 0 Å². The number of aromatic nitrogens is 3. The average molecular weight is 317 g/mol. The normalized spacial score (nSPS) is 17.5. The Hall–Kier alpha value is -1.95. The molecule has 1 fully saturated rings. The summed E-state index contributed by atoms with van der Waals surface area (Å²) in [5.41, 5.74) is 1.70. The average Bonchev–Trinajstić information content (AvgIpc) is 2.87. The van der Waals surface area contributed by atoms with Gasteiger partial charge in [-0.1, -0.05) is 0 Å². The molecule has 0 saturated heterocycles. The molecule has 4 rings (SSSR count). The third-order valence-corrected chi connectivity index (χ3v) is 5.02. The Morgan fingerprint density at radius 3 is 2.68 bits per heavy atom. The number of hydrogen-bond acceptors (Lipinski definition) is 4. The topological polar surface area (TPSA) is 38.7 Å². The van der Waals surface area contributed by atoms with Gasteiger partial charge in [0.05, 0.1) is 5.69 Å². The minimum absolute atomic E-state index is 0.0152. The van der Waals surface area contributed by atoms with E-state index in [-0.39, 0.29) is 18.8 Å². The van der Waals surface area contributed by atoms with E-state index >= 15 is 0 Å². The van der Waals surface area contributed by atoms with E-state index in [9.17, 15) is 8.78 Å². The fourth-order valence-electron chi connectivity index (χ4n) is 2.88. The molecule has 0 bridgehead atoms. The van der Waals surface area contributed by atoms with Crippen molar-refractivity contribution >= 4 is 21.6 Å². The summed E-state index contributed by atoms with van der Waals surface area (Å²) in [6.07, 6.45) is 5.70. The van der Waals surface area contributed by atoms with E-state index in [4.69, 9.17) is 0 Å². The van der Waals surface area contributed by atoms with Gasteiger partial charge in [0.2, 0.25) is 5.92 Å². The maximum Gasteiger partial charge on any atom is 0.248 e. The van der Waals surface area contributed by atoms with E-state index in [1.165, 1.54) is 6.33 Å². The highest BCUT2D eigenvalue weighted by Gasteiger charge is 2.45. The zero-order valence-electron chi connectivity index (χ0n) is 11.7. The summed E-state index contributed by atoms with van der Waals surface area (Å²) in [5, 5.41) is 1.06. The molecular weight excluding hydrogens is 304 g/mol. The van der Waals surface area contributed by atoms with Crippen LogP contribution in [0.1, 0.15) is 17.7 Å². The van der Waals surface area contributed by atoms with Crippen LogP contribution >= 0.6 is 11.3 Å². The lowest BCUT2D eigenvalue weighted by molar-refractivity contribution is -0.109. The lowest BCUT2D eigenvalue weighted by atomic mass is 9.79. The zero-order valence-corrected chi connectivity index (χ0v) is 12.5. The van der Waals surface area contributed by atoms with Gasteiger partial charge < -0.3 is 0 Å². The first-order valence-electron chi connectivity index (χ1n) is 7.12. The van der Waals surface area contributed by atoms with Crippen LogP contribution in [0.25, 0.3) is 21.5 Å². The molecular formula is C16H13F2N3S. The lowest BCUT2D eigenvalue weighted by Gasteiger charge is -2.34. The molecule has 112 valence electrons.